The van der Waals surface area contributed by atoms with Crippen LogP contribution in [0.2, 0.25) is 0 Å². The summed E-state index contributed by atoms with van der Waals surface area (Å²) in [4.78, 5) is 2.54. The lowest BCUT2D eigenvalue weighted by atomic mass is 9.72. The van der Waals surface area contributed by atoms with Crippen LogP contribution in [0.25, 0.3) is 0 Å². The van der Waals surface area contributed by atoms with Crippen molar-refractivity contribution < 1.29 is 0 Å². The summed E-state index contributed by atoms with van der Waals surface area (Å²) in [7, 11) is 2.28. The first-order valence-corrected chi connectivity index (χ1v) is 7.45. The second kappa shape index (κ2) is 5.94. The topological polar surface area (TPSA) is 3.24 Å². The van der Waals surface area contributed by atoms with Crippen molar-refractivity contribution in [3.05, 3.63) is 0 Å². The van der Waals surface area contributed by atoms with E-state index in [2.05, 4.69) is 74.3 Å². The van der Waals surface area contributed by atoms with Crippen molar-refractivity contribution in [2.24, 2.45) is 16.2 Å². The van der Waals surface area contributed by atoms with Crippen LogP contribution in [0.3, 0.4) is 0 Å². The molecular formula is C17H37N. The van der Waals surface area contributed by atoms with Gasteiger partial charge in [0.25, 0.3) is 0 Å². The van der Waals surface area contributed by atoms with Crippen molar-refractivity contribution in [1.29, 1.82) is 0 Å². The van der Waals surface area contributed by atoms with E-state index in [0.29, 0.717) is 22.3 Å². The van der Waals surface area contributed by atoms with Gasteiger partial charge in [0.2, 0.25) is 0 Å². The van der Waals surface area contributed by atoms with Gasteiger partial charge in [0.15, 0.2) is 0 Å². The van der Waals surface area contributed by atoms with E-state index in [9.17, 15) is 0 Å². The van der Waals surface area contributed by atoms with Crippen LogP contribution in [0.15, 0.2) is 0 Å². The van der Waals surface area contributed by atoms with Crippen LogP contribution >= 0.6 is 0 Å². The molecule has 0 aromatic carbocycles. The maximum absolute atomic E-state index is 2.54. The summed E-state index contributed by atoms with van der Waals surface area (Å²) in [6.45, 7) is 22.4. The Bertz CT molecular complexity index is 239. The molecule has 0 aliphatic carbocycles. The summed E-state index contributed by atoms with van der Waals surface area (Å²) in [6, 6.07) is 0.624. The molecule has 0 radical (unpaired) electrons. The minimum absolute atomic E-state index is 0.366. The monoisotopic (exact) mass is 255 g/mol. The van der Waals surface area contributed by atoms with Crippen molar-refractivity contribution in [3.8, 4) is 0 Å². The molecule has 110 valence electrons. The van der Waals surface area contributed by atoms with Crippen LogP contribution in [0, 0.1) is 16.2 Å². The molecule has 0 rings (SSSR count). The van der Waals surface area contributed by atoms with Crippen molar-refractivity contribution in [2.75, 3.05) is 13.6 Å². The van der Waals surface area contributed by atoms with Crippen molar-refractivity contribution in [1.82, 2.24) is 4.90 Å². The fourth-order valence-corrected chi connectivity index (χ4v) is 2.82. The summed E-state index contributed by atoms with van der Waals surface area (Å²) in [5.74, 6) is 0. The molecule has 0 bridgehead atoms. The number of hydrogen-bond acceptors (Lipinski definition) is 1. The van der Waals surface area contributed by atoms with E-state index in [1.54, 1.807) is 0 Å². The molecule has 1 heteroatoms. The van der Waals surface area contributed by atoms with Gasteiger partial charge in [-0.2, -0.15) is 0 Å². The molecule has 1 atom stereocenters. The lowest BCUT2D eigenvalue weighted by Gasteiger charge is -2.42. The summed E-state index contributed by atoms with van der Waals surface area (Å²) in [5.41, 5.74) is 1.20. The molecule has 1 nitrogen and oxygen atoms in total. The van der Waals surface area contributed by atoms with Gasteiger partial charge in [0.05, 0.1) is 0 Å². The lowest BCUT2D eigenvalue weighted by molar-refractivity contribution is 0.0761. The highest BCUT2D eigenvalue weighted by Gasteiger charge is 2.33. The molecule has 0 saturated heterocycles. The van der Waals surface area contributed by atoms with Gasteiger partial charge in [-0.15, -0.1) is 0 Å². The van der Waals surface area contributed by atoms with Gasteiger partial charge in [0.1, 0.15) is 0 Å². The third-order valence-corrected chi connectivity index (χ3v) is 3.99. The van der Waals surface area contributed by atoms with Crippen LogP contribution in [0.4, 0.5) is 0 Å². The Balaban J connectivity index is 4.48. The van der Waals surface area contributed by atoms with E-state index in [0.717, 1.165) is 0 Å². The van der Waals surface area contributed by atoms with Gasteiger partial charge < -0.3 is 4.90 Å². The van der Waals surface area contributed by atoms with Crippen LogP contribution < -0.4 is 0 Å². The number of hydrogen-bond donors (Lipinski definition) is 0. The standard InChI is InChI=1S/C17H37N/c1-14(17(8,9)13-16(5,6)7)18(10)12-11-15(2,3)4/h14H,11-13H2,1-10H3. The molecule has 18 heavy (non-hydrogen) atoms. The zero-order valence-electron chi connectivity index (χ0n) is 14.6. The van der Waals surface area contributed by atoms with Gasteiger partial charge in [-0.25, -0.2) is 0 Å². The molecule has 0 saturated carbocycles. The average molecular weight is 255 g/mol. The molecule has 0 aromatic heterocycles. The van der Waals surface area contributed by atoms with E-state index in [4.69, 9.17) is 0 Å². The SMILES string of the molecule is CC(N(C)CCC(C)(C)C)C(C)(C)CC(C)(C)C. The maximum atomic E-state index is 2.54. The van der Waals surface area contributed by atoms with Crippen LogP contribution in [0.1, 0.15) is 75.2 Å². The fraction of sp³-hybridized carbons (Fsp3) is 1.00. The van der Waals surface area contributed by atoms with Gasteiger partial charge >= 0.3 is 0 Å². The fourth-order valence-electron chi connectivity index (χ4n) is 2.82. The Morgan fingerprint density at radius 3 is 1.61 bits per heavy atom. The van der Waals surface area contributed by atoms with E-state index in [1.165, 1.54) is 19.4 Å². The molecule has 0 N–H and O–H groups in total. The molecule has 0 aromatic rings. The second-order valence-electron chi connectivity index (χ2n) is 9.19. The zero-order chi connectivity index (χ0) is 14.8. The first kappa shape index (κ1) is 18.0. The minimum atomic E-state index is 0.366. The summed E-state index contributed by atoms with van der Waals surface area (Å²) >= 11 is 0. The van der Waals surface area contributed by atoms with Crippen LogP contribution in [0.5, 0.6) is 0 Å². The molecule has 1 unspecified atom stereocenters. The highest BCUT2D eigenvalue weighted by Crippen LogP contribution is 2.37. The Morgan fingerprint density at radius 1 is 0.833 bits per heavy atom. The first-order chi connectivity index (χ1) is 7.75. The normalized spacial score (nSPS) is 16.2. The highest BCUT2D eigenvalue weighted by molar-refractivity contribution is 4.86. The van der Waals surface area contributed by atoms with Crippen molar-refractivity contribution in [2.45, 2.75) is 81.2 Å². The quantitative estimate of drug-likeness (QED) is 0.652. The summed E-state index contributed by atoms with van der Waals surface area (Å²) < 4.78 is 0. The van der Waals surface area contributed by atoms with E-state index in [1.807, 2.05) is 0 Å². The first-order valence-electron chi connectivity index (χ1n) is 7.45. The number of nitrogens with zero attached hydrogens (tertiary/aromatic N) is 1. The van der Waals surface area contributed by atoms with Crippen molar-refractivity contribution in [3.63, 3.8) is 0 Å². The summed E-state index contributed by atoms with van der Waals surface area (Å²) in [6.07, 6.45) is 2.53. The lowest BCUT2D eigenvalue weighted by Crippen LogP contribution is -2.43. The molecule has 0 aliphatic rings. The largest absolute Gasteiger partial charge is 0.303 e. The third kappa shape index (κ3) is 7.41. The molecule has 0 aliphatic heterocycles. The Labute approximate surface area is 116 Å². The third-order valence-electron chi connectivity index (χ3n) is 3.99. The van der Waals surface area contributed by atoms with Crippen LogP contribution in [-0.2, 0) is 0 Å². The molecule has 0 fully saturated rings. The highest BCUT2D eigenvalue weighted by atomic mass is 15.1. The maximum Gasteiger partial charge on any atom is 0.0115 e. The summed E-state index contributed by atoms with van der Waals surface area (Å²) in [5, 5.41) is 0. The average Bonchev–Trinajstić information content (AvgIpc) is 2.07. The zero-order valence-corrected chi connectivity index (χ0v) is 14.6. The second-order valence-corrected chi connectivity index (χ2v) is 9.19. The molecule has 0 heterocycles. The van der Waals surface area contributed by atoms with Gasteiger partial charge in [0, 0.05) is 6.04 Å². The van der Waals surface area contributed by atoms with Gasteiger partial charge in [-0.05, 0) is 49.6 Å². The van der Waals surface area contributed by atoms with E-state index < -0.39 is 0 Å². The van der Waals surface area contributed by atoms with Gasteiger partial charge in [-0.1, -0.05) is 55.4 Å². The van der Waals surface area contributed by atoms with E-state index >= 15 is 0 Å². The molecule has 0 amide bonds. The number of rotatable bonds is 5. The van der Waals surface area contributed by atoms with Crippen LogP contribution in [-0.4, -0.2) is 24.5 Å². The predicted molar refractivity (Wildman–Crippen MR) is 84.0 cm³/mol. The smallest absolute Gasteiger partial charge is 0.0115 e. The van der Waals surface area contributed by atoms with Crippen molar-refractivity contribution >= 4 is 0 Å². The minimum Gasteiger partial charge on any atom is -0.303 e. The molecular weight excluding hydrogens is 218 g/mol. The van der Waals surface area contributed by atoms with E-state index in [-0.39, 0.29) is 0 Å². The molecule has 0 spiro atoms. The predicted octanol–water partition coefficient (Wildman–Crippen LogP) is 5.21. The van der Waals surface area contributed by atoms with Gasteiger partial charge in [-0.3, -0.25) is 0 Å². The Kier molecular flexibility index (Phi) is 5.93. The Hall–Kier alpha value is -0.0400. The Morgan fingerprint density at radius 2 is 1.28 bits per heavy atom.